The summed E-state index contributed by atoms with van der Waals surface area (Å²) >= 11 is 0. The minimum absolute atomic E-state index is 0.00102. The zero-order valence-electron chi connectivity index (χ0n) is 60.8. The summed E-state index contributed by atoms with van der Waals surface area (Å²) in [5.74, 6) is -13.2. The molecule has 112 heavy (non-hydrogen) atoms. The molecule has 16 bridgehead atoms. The summed E-state index contributed by atoms with van der Waals surface area (Å²) in [6, 6.07) is 64.9. The molecule has 6 aromatic heterocycles. The fourth-order valence-corrected chi connectivity index (χ4v) is 14.9. The van der Waals surface area contributed by atoms with Crippen LogP contribution in [-0.4, -0.2) is 39.9 Å². The topological polar surface area (TPSA) is 139 Å². The highest BCUT2D eigenvalue weighted by atomic mass is 19.2. The summed E-state index contributed by atoms with van der Waals surface area (Å²) in [6.45, 7) is 11.4. The van der Waals surface area contributed by atoms with Crippen molar-refractivity contribution in [3.63, 3.8) is 0 Å². The van der Waals surface area contributed by atoms with Crippen LogP contribution in [0.5, 0.6) is 0 Å². The van der Waals surface area contributed by atoms with Crippen LogP contribution in [0.3, 0.4) is 0 Å². The predicted molar refractivity (Wildman–Crippen MR) is 434 cm³/mol. The van der Waals surface area contributed by atoms with Crippen molar-refractivity contribution in [2.45, 2.75) is 41.5 Å². The Balaban J connectivity index is 0.802. The van der Waals surface area contributed by atoms with Crippen LogP contribution in [0.4, 0.5) is 46.5 Å². The SMILES string of the molecule is Cc1ccc(-c2c3nc(c(-c4ccc(C)cc4)c4ccc([nH]4)c(-c4ccc(N=Nc5ccc(-c6c7nc(c(-c8ccc(C)cc8)c8[nH]c(c(F)c8F)c(-c8ccc(C)cc8)c8nc(c(-c9ccc(C)cc9)c9[nH]c6c(F)c9F)C(F)=C8F)C(F)=C7F)cc5)cc4)c4nc(c(-c5ccc(C)cc5)c5ccc2[nH]5)C=C4)C=C3)cc1. The molecule has 4 N–H and O–H groups in total. The minimum atomic E-state index is -1.68. The lowest BCUT2D eigenvalue weighted by atomic mass is 10.0. The van der Waals surface area contributed by atoms with Crippen LogP contribution in [0.1, 0.15) is 78.9 Å². The molecule has 0 aliphatic carbocycles. The third-order valence-corrected chi connectivity index (χ3v) is 20.8. The minimum Gasteiger partial charge on any atom is -0.354 e. The Labute approximate surface area is 636 Å². The van der Waals surface area contributed by atoms with E-state index in [9.17, 15) is 0 Å². The number of hydrogen-bond acceptors (Lipinski definition) is 6. The average molecular weight is 1480 g/mol. The molecule has 0 unspecified atom stereocenters. The van der Waals surface area contributed by atoms with Crippen LogP contribution in [0, 0.1) is 64.8 Å². The molecular weight excluding hydrogens is 1420 g/mol. The molecule has 0 saturated heterocycles. The number of aryl methyl sites for hydroxylation is 6. The van der Waals surface area contributed by atoms with E-state index in [1.54, 1.807) is 69.3 Å². The van der Waals surface area contributed by atoms with Gasteiger partial charge in [0.05, 0.1) is 56.2 Å². The average Bonchev–Trinajstić information content (AvgIpc) is 1.58. The summed E-state index contributed by atoms with van der Waals surface area (Å²) < 4.78 is 140. The lowest BCUT2D eigenvalue weighted by Gasteiger charge is -2.08. The number of nitrogens with zero attached hydrogens (tertiary/aromatic N) is 6. The molecule has 10 heterocycles. The van der Waals surface area contributed by atoms with Gasteiger partial charge in [0.1, 0.15) is 22.8 Å². The van der Waals surface area contributed by atoms with E-state index < -0.39 is 114 Å². The number of nitrogens with one attached hydrogen (secondary N) is 4. The molecule has 4 aliphatic heterocycles. The largest absolute Gasteiger partial charge is 0.354 e. The van der Waals surface area contributed by atoms with Gasteiger partial charge in [-0.2, -0.15) is 10.2 Å². The zero-order valence-corrected chi connectivity index (χ0v) is 60.8. The first-order valence-corrected chi connectivity index (χ1v) is 36.2. The van der Waals surface area contributed by atoms with E-state index in [1.165, 1.54) is 60.7 Å². The van der Waals surface area contributed by atoms with Crippen molar-refractivity contribution < 1.29 is 35.1 Å². The number of aromatic nitrogens is 8. The second-order valence-corrected chi connectivity index (χ2v) is 28.4. The number of benzene rings is 8. The summed E-state index contributed by atoms with van der Waals surface area (Å²) in [7, 11) is 0. The van der Waals surface area contributed by atoms with Crippen molar-refractivity contribution in [2.75, 3.05) is 0 Å². The lowest BCUT2D eigenvalue weighted by Crippen LogP contribution is -1.92. The van der Waals surface area contributed by atoms with Crippen molar-refractivity contribution in [1.82, 2.24) is 39.9 Å². The smallest absolute Gasteiger partial charge is 0.187 e. The molecule has 0 amide bonds. The van der Waals surface area contributed by atoms with Gasteiger partial charge in [-0.15, -0.1) is 0 Å². The number of halogens is 8. The van der Waals surface area contributed by atoms with Crippen LogP contribution in [-0.2, 0) is 0 Å². The fraction of sp³-hybridized carbons (Fsp3) is 0.0638. The van der Waals surface area contributed by atoms with Crippen molar-refractivity contribution >= 4 is 103 Å². The number of aromatic amines is 4. The van der Waals surface area contributed by atoms with Crippen LogP contribution in [0.15, 0.2) is 229 Å². The van der Waals surface area contributed by atoms with Crippen molar-refractivity contribution in [3.8, 4) is 89.0 Å². The first-order valence-electron chi connectivity index (χ1n) is 36.2. The van der Waals surface area contributed by atoms with E-state index in [-0.39, 0.29) is 27.9 Å². The maximum atomic E-state index is 17.7. The number of hydrogen-bond donors (Lipinski definition) is 4. The van der Waals surface area contributed by atoms with Crippen LogP contribution in [0.25, 0.3) is 181 Å². The standard InChI is InChI=1S/C94H62F8N10/c1-47-7-19-53(20-8-47)71-63-39-41-65(103-63)72(54-21-9-48(2)10-22-54)67-43-45-69(105-67)74(70-46-44-68(106-70)73(66-42-40-64(71)104-66)55-23-11-49(3)12-24-55)56-31-35-61(36-32-56)111-112-62-37-33-60(34-38-62)78-93-85(101)83(99)91(109-93)76(58-27-15-51(5)16-28-58)89-81(97)79(95)87(107-89)75(57-25-13-50(4)14-26-57)88-80(96)82(98)90(108-88)77(59-29-17-52(6)18-30-59)92-84(100)86(102)94(78)110-92/h7-46,103,106-107,110H,1-6H3. The Hall–Kier alpha value is -14.0. The number of H-pyrrole nitrogens is 4. The van der Waals surface area contributed by atoms with Gasteiger partial charge in [0, 0.05) is 66.6 Å². The molecule has 544 valence electrons. The normalized spacial score (nSPS) is 12.7. The predicted octanol–water partition coefficient (Wildman–Crippen LogP) is 27.0. The van der Waals surface area contributed by atoms with E-state index >= 15 is 35.1 Å². The number of fused-ring (bicyclic) bond motifs is 16. The van der Waals surface area contributed by atoms with Crippen LogP contribution < -0.4 is 0 Å². The Morgan fingerprint density at radius 3 is 0.607 bits per heavy atom. The first-order chi connectivity index (χ1) is 54.3. The van der Waals surface area contributed by atoms with Crippen LogP contribution in [0.2, 0.25) is 0 Å². The molecule has 8 aromatic carbocycles. The Kier molecular flexibility index (Phi) is 17.2. The lowest BCUT2D eigenvalue weighted by molar-refractivity contribution is 0.529. The van der Waals surface area contributed by atoms with Gasteiger partial charge in [-0.25, -0.2) is 55.1 Å². The van der Waals surface area contributed by atoms with Gasteiger partial charge in [0.25, 0.3) is 0 Å². The Morgan fingerprint density at radius 1 is 0.214 bits per heavy atom. The molecule has 14 aromatic rings. The molecule has 0 radical (unpaired) electrons. The van der Waals surface area contributed by atoms with E-state index in [4.69, 9.17) is 9.97 Å². The highest BCUT2D eigenvalue weighted by Gasteiger charge is 2.35. The maximum Gasteiger partial charge on any atom is 0.187 e. The molecular formula is C94H62F8N10. The summed E-state index contributed by atoms with van der Waals surface area (Å²) in [6.07, 6.45) is 8.18. The van der Waals surface area contributed by atoms with Crippen LogP contribution >= 0.6 is 0 Å². The van der Waals surface area contributed by atoms with Gasteiger partial charge < -0.3 is 19.9 Å². The maximum absolute atomic E-state index is 17.7. The molecule has 0 spiro atoms. The summed E-state index contributed by atoms with van der Waals surface area (Å²) in [5, 5.41) is 9.19. The second-order valence-electron chi connectivity index (χ2n) is 28.4. The van der Waals surface area contributed by atoms with E-state index in [0.29, 0.717) is 28.1 Å². The van der Waals surface area contributed by atoms with Crippen molar-refractivity contribution in [2.24, 2.45) is 10.2 Å². The monoisotopic (exact) mass is 1480 g/mol. The quantitative estimate of drug-likeness (QED) is 0.0800. The molecule has 0 atom stereocenters. The molecule has 0 saturated carbocycles. The van der Waals surface area contributed by atoms with Gasteiger partial charge in [0.15, 0.2) is 46.6 Å². The van der Waals surface area contributed by atoms with Crippen molar-refractivity contribution in [3.05, 3.63) is 321 Å². The molecule has 4 aliphatic rings. The molecule has 10 nitrogen and oxygen atoms in total. The molecule has 18 heteroatoms. The Bertz CT molecular complexity index is 6740. The highest BCUT2D eigenvalue weighted by Crippen LogP contribution is 2.50. The number of azo groups is 1. The third kappa shape index (κ3) is 12.2. The summed E-state index contributed by atoms with van der Waals surface area (Å²) in [4.78, 5) is 32.9. The zero-order chi connectivity index (χ0) is 77.1. The van der Waals surface area contributed by atoms with E-state index in [2.05, 4.69) is 164 Å². The highest BCUT2D eigenvalue weighted by molar-refractivity contribution is 6.06. The van der Waals surface area contributed by atoms with Gasteiger partial charge in [-0.05, 0) is 159 Å². The second kappa shape index (κ2) is 27.6. The van der Waals surface area contributed by atoms with Gasteiger partial charge >= 0.3 is 0 Å². The summed E-state index contributed by atoms with van der Waals surface area (Å²) in [5.41, 5.74) is 10.8. The van der Waals surface area contributed by atoms with Gasteiger partial charge in [0.2, 0.25) is 0 Å². The van der Waals surface area contributed by atoms with Crippen molar-refractivity contribution in [1.29, 1.82) is 0 Å². The fourth-order valence-electron chi connectivity index (χ4n) is 14.9. The number of rotatable bonds is 10. The first kappa shape index (κ1) is 69.7. The van der Waals surface area contributed by atoms with Gasteiger partial charge in [-0.3, -0.25) is 0 Å². The van der Waals surface area contributed by atoms with E-state index in [0.717, 1.165) is 100 Å². The van der Waals surface area contributed by atoms with E-state index in [1.807, 2.05) is 30.4 Å². The Morgan fingerprint density at radius 2 is 0.402 bits per heavy atom. The third-order valence-electron chi connectivity index (χ3n) is 20.8. The molecule has 0 fully saturated rings. The molecule has 18 rings (SSSR count). The van der Waals surface area contributed by atoms with Gasteiger partial charge in [-0.1, -0.05) is 203 Å².